The number of halogens is 1. The summed E-state index contributed by atoms with van der Waals surface area (Å²) in [6.07, 6.45) is 8.64. The van der Waals surface area contributed by atoms with E-state index in [4.69, 9.17) is 11.6 Å². The van der Waals surface area contributed by atoms with Crippen LogP contribution in [-0.4, -0.2) is 31.3 Å². The summed E-state index contributed by atoms with van der Waals surface area (Å²) in [6, 6.07) is 3.93. The highest BCUT2D eigenvalue weighted by Gasteiger charge is 2.17. The molecule has 2 aromatic rings. The van der Waals surface area contributed by atoms with Gasteiger partial charge in [-0.25, -0.2) is 0 Å². The van der Waals surface area contributed by atoms with E-state index in [2.05, 4.69) is 15.5 Å². The van der Waals surface area contributed by atoms with Crippen LogP contribution in [0.1, 0.15) is 44.3 Å². The highest BCUT2D eigenvalue weighted by atomic mass is 35.5. The van der Waals surface area contributed by atoms with Crippen molar-refractivity contribution in [2.45, 2.75) is 50.1 Å². The molecular formula is C19H24ClN5O3S. The topological polar surface area (TPSA) is 103 Å². The van der Waals surface area contributed by atoms with E-state index in [1.54, 1.807) is 0 Å². The monoisotopic (exact) mass is 437 g/mol. The number of aromatic nitrogens is 3. The van der Waals surface area contributed by atoms with E-state index < -0.39 is 4.92 Å². The molecule has 29 heavy (non-hydrogen) atoms. The summed E-state index contributed by atoms with van der Waals surface area (Å²) in [4.78, 5) is 22.6. The van der Waals surface area contributed by atoms with E-state index in [0.717, 1.165) is 24.6 Å². The number of amides is 1. The van der Waals surface area contributed by atoms with Crippen molar-refractivity contribution < 1.29 is 9.72 Å². The molecule has 1 aromatic carbocycles. The standard InChI is InChI=1S/C19H24ClN5O3S/c1-24-17(10-7-13-5-3-2-4-6-13)22-23-19(24)29-12-18(26)21-16-11-14(25(27)28)8-9-15(16)20/h8-9,11,13H,2-7,10,12H2,1H3,(H,21,26). The van der Waals surface area contributed by atoms with Gasteiger partial charge in [-0.15, -0.1) is 10.2 Å². The first-order chi connectivity index (χ1) is 13.9. The van der Waals surface area contributed by atoms with Gasteiger partial charge in [-0.1, -0.05) is 55.5 Å². The number of non-ortho nitro benzene ring substituents is 1. The zero-order valence-corrected chi connectivity index (χ0v) is 17.8. The molecule has 1 amide bonds. The van der Waals surface area contributed by atoms with E-state index in [1.807, 2.05) is 11.6 Å². The first-order valence-corrected chi connectivity index (χ1v) is 11.0. The van der Waals surface area contributed by atoms with Gasteiger partial charge in [0.15, 0.2) is 5.16 Å². The van der Waals surface area contributed by atoms with Crippen molar-refractivity contribution in [1.82, 2.24) is 14.8 Å². The number of aryl methyl sites for hydroxylation is 1. The summed E-state index contributed by atoms with van der Waals surface area (Å²) in [6.45, 7) is 0. The van der Waals surface area contributed by atoms with E-state index in [0.29, 0.717) is 5.16 Å². The van der Waals surface area contributed by atoms with Gasteiger partial charge >= 0.3 is 0 Å². The van der Waals surface area contributed by atoms with Crippen LogP contribution in [0.15, 0.2) is 23.4 Å². The fraction of sp³-hybridized carbons (Fsp3) is 0.526. The molecule has 1 N–H and O–H groups in total. The number of rotatable bonds is 8. The zero-order chi connectivity index (χ0) is 20.8. The molecule has 0 saturated heterocycles. The van der Waals surface area contributed by atoms with Crippen molar-refractivity contribution in [3.63, 3.8) is 0 Å². The van der Waals surface area contributed by atoms with E-state index in [-0.39, 0.29) is 28.1 Å². The van der Waals surface area contributed by atoms with Gasteiger partial charge in [-0.3, -0.25) is 14.9 Å². The predicted octanol–water partition coefficient (Wildman–Crippen LogP) is 4.62. The number of carbonyl (C=O) groups is 1. The molecule has 1 saturated carbocycles. The van der Waals surface area contributed by atoms with Gasteiger partial charge in [-0.05, 0) is 18.4 Å². The number of nitro groups is 1. The lowest BCUT2D eigenvalue weighted by atomic mass is 9.86. The maximum Gasteiger partial charge on any atom is 0.271 e. The van der Waals surface area contributed by atoms with E-state index in [9.17, 15) is 14.9 Å². The molecule has 0 aliphatic heterocycles. The Morgan fingerprint density at radius 2 is 2.10 bits per heavy atom. The number of hydrogen-bond acceptors (Lipinski definition) is 6. The van der Waals surface area contributed by atoms with E-state index in [1.165, 1.54) is 62.1 Å². The van der Waals surface area contributed by atoms with Crippen LogP contribution in [0.5, 0.6) is 0 Å². The van der Waals surface area contributed by atoms with Gasteiger partial charge in [0.1, 0.15) is 5.82 Å². The Morgan fingerprint density at radius 1 is 1.34 bits per heavy atom. The lowest BCUT2D eigenvalue weighted by Gasteiger charge is -2.20. The Morgan fingerprint density at radius 3 is 2.83 bits per heavy atom. The average Bonchev–Trinajstić information content (AvgIpc) is 3.06. The molecule has 8 nitrogen and oxygen atoms in total. The van der Waals surface area contributed by atoms with Crippen molar-refractivity contribution in [2.24, 2.45) is 13.0 Å². The molecule has 1 aliphatic carbocycles. The molecule has 1 aromatic heterocycles. The van der Waals surface area contributed by atoms with Crippen LogP contribution in [0.4, 0.5) is 11.4 Å². The van der Waals surface area contributed by atoms with Gasteiger partial charge in [0.05, 0.1) is 21.4 Å². The summed E-state index contributed by atoms with van der Waals surface area (Å²) < 4.78 is 1.93. The number of anilines is 1. The third kappa shape index (κ3) is 5.93. The fourth-order valence-electron chi connectivity index (χ4n) is 3.54. The normalized spacial score (nSPS) is 14.7. The second-order valence-corrected chi connectivity index (χ2v) is 8.61. The number of carbonyl (C=O) groups excluding carboxylic acids is 1. The molecule has 10 heteroatoms. The van der Waals surface area contributed by atoms with Crippen LogP contribution < -0.4 is 5.32 Å². The van der Waals surface area contributed by atoms with Gasteiger partial charge in [0.2, 0.25) is 5.91 Å². The maximum absolute atomic E-state index is 12.3. The third-order valence-corrected chi connectivity index (χ3v) is 6.54. The van der Waals surface area contributed by atoms with Crippen molar-refractivity contribution in [3.05, 3.63) is 39.2 Å². The third-order valence-electron chi connectivity index (χ3n) is 5.19. The second-order valence-electron chi connectivity index (χ2n) is 7.26. The molecule has 0 radical (unpaired) electrons. The van der Waals surface area contributed by atoms with Gasteiger partial charge in [-0.2, -0.15) is 0 Å². The molecule has 1 fully saturated rings. The van der Waals surface area contributed by atoms with Crippen LogP contribution in [-0.2, 0) is 18.3 Å². The molecule has 3 rings (SSSR count). The maximum atomic E-state index is 12.3. The number of benzene rings is 1. The Labute approximate surface area is 178 Å². The molecule has 0 atom stereocenters. The van der Waals surface area contributed by atoms with Crippen molar-refractivity contribution in [1.29, 1.82) is 0 Å². The number of nitrogens with one attached hydrogen (secondary N) is 1. The summed E-state index contributed by atoms with van der Waals surface area (Å²) in [7, 11) is 1.91. The molecule has 1 aliphatic rings. The molecule has 156 valence electrons. The Kier molecular flexibility index (Phi) is 7.49. The van der Waals surface area contributed by atoms with Crippen LogP contribution in [0, 0.1) is 16.0 Å². The highest BCUT2D eigenvalue weighted by Crippen LogP contribution is 2.28. The summed E-state index contributed by atoms with van der Waals surface area (Å²) >= 11 is 7.29. The predicted molar refractivity (Wildman–Crippen MR) is 113 cm³/mol. The average molecular weight is 438 g/mol. The summed E-state index contributed by atoms with van der Waals surface area (Å²) in [5, 5.41) is 22.9. The fourth-order valence-corrected chi connectivity index (χ4v) is 4.43. The van der Waals surface area contributed by atoms with Crippen molar-refractivity contribution in [2.75, 3.05) is 11.1 Å². The van der Waals surface area contributed by atoms with Crippen LogP contribution in [0.25, 0.3) is 0 Å². The minimum absolute atomic E-state index is 0.105. The van der Waals surface area contributed by atoms with Crippen molar-refractivity contribution >= 4 is 40.6 Å². The van der Waals surface area contributed by atoms with Crippen LogP contribution >= 0.6 is 23.4 Å². The van der Waals surface area contributed by atoms with E-state index >= 15 is 0 Å². The molecule has 1 heterocycles. The smallest absolute Gasteiger partial charge is 0.271 e. The van der Waals surface area contributed by atoms with Gasteiger partial charge < -0.3 is 9.88 Å². The summed E-state index contributed by atoms with van der Waals surface area (Å²) in [5.41, 5.74) is 0.0888. The first-order valence-electron chi connectivity index (χ1n) is 9.69. The van der Waals surface area contributed by atoms with Gasteiger partial charge in [0.25, 0.3) is 5.69 Å². The number of hydrogen-bond donors (Lipinski definition) is 1. The molecule has 0 bridgehead atoms. The quantitative estimate of drug-likeness (QED) is 0.367. The van der Waals surface area contributed by atoms with Gasteiger partial charge in [0, 0.05) is 25.6 Å². The van der Waals surface area contributed by atoms with Crippen molar-refractivity contribution in [3.8, 4) is 0 Å². The van der Waals surface area contributed by atoms with Crippen LogP contribution in [0.3, 0.4) is 0 Å². The largest absolute Gasteiger partial charge is 0.324 e. The highest BCUT2D eigenvalue weighted by molar-refractivity contribution is 7.99. The molecular weight excluding hydrogens is 414 g/mol. The Balaban J connectivity index is 1.52. The molecule has 0 spiro atoms. The second kappa shape index (κ2) is 10.1. The minimum Gasteiger partial charge on any atom is -0.324 e. The first kappa shape index (κ1) is 21.6. The minimum atomic E-state index is -0.533. The number of nitro benzene ring substituents is 1. The molecule has 0 unspecified atom stereocenters. The lowest BCUT2D eigenvalue weighted by Crippen LogP contribution is -2.15. The number of nitrogens with zero attached hydrogens (tertiary/aromatic N) is 4. The SMILES string of the molecule is Cn1c(CCC2CCCCC2)nnc1SCC(=O)Nc1cc([N+](=O)[O-])ccc1Cl. The Hall–Kier alpha value is -2.13. The number of thioether (sulfide) groups is 1. The Bertz CT molecular complexity index is 883. The summed E-state index contributed by atoms with van der Waals surface area (Å²) in [5.74, 6) is 1.50. The zero-order valence-electron chi connectivity index (χ0n) is 16.3. The van der Waals surface area contributed by atoms with Crippen LogP contribution in [0.2, 0.25) is 5.02 Å². The lowest BCUT2D eigenvalue weighted by molar-refractivity contribution is -0.384.